The van der Waals surface area contributed by atoms with Gasteiger partial charge in [-0.25, -0.2) is 0 Å². The predicted octanol–water partition coefficient (Wildman–Crippen LogP) is 4.86. The van der Waals surface area contributed by atoms with Gasteiger partial charge in [0.1, 0.15) is 5.75 Å². The average molecular weight is 310 g/mol. The molecule has 0 spiro atoms. The molecule has 1 unspecified atom stereocenters. The van der Waals surface area contributed by atoms with Crippen molar-refractivity contribution in [3.63, 3.8) is 0 Å². The average Bonchev–Trinajstić information content (AvgIpc) is 2.39. The molecule has 0 bridgehead atoms. The normalized spacial score (nSPS) is 12.4. The summed E-state index contributed by atoms with van der Waals surface area (Å²) in [7, 11) is 0. The molecule has 2 N–H and O–H groups in total. The molecule has 0 aliphatic heterocycles. The summed E-state index contributed by atoms with van der Waals surface area (Å²) in [6, 6.07) is 11.1. The Morgan fingerprint density at radius 1 is 1.15 bits per heavy atom. The van der Waals surface area contributed by atoms with Gasteiger partial charge in [-0.05, 0) is 37.6 Å². The van der Waals surface area contributed by atoms with E-state index < -0.39 is 0 Å². The quantitative estimate of drug-likeness (QED) is 0.845. The summed E-state index contributed by atoms with van der Waals surface area (Å²) >= 11 is 12.1. The molecule has 0 fully saturated rings. The summed E-state index contributed by atoms with van der Waals surface area (Å²) < 4.78 is 0. The highest BCUT2D eigenvalue weighted by Gasteiger charge is 2.10. The molecule has 0 aliphatic rings. The van der Waals surface area contributed by atoms with Crippen molar-refractivity contribution >= 4 is 23.2 Å². The number of hydrogen-bond donors (Lipinski definition) is 2. The first kappa shape index (κ1) is 15.2. The zero-order valence-corrected chi connectivity index (χ0v) is 13.0. The lowest BCUT2D eigenvalue weighted by Gasteiger charge is -2.16. The number of aromatic hydroxyl groups is 1. The van der Waals surface area contributed by atoms with Crippen molar-refractivity contribution < 1.29 is 5.11 Å². The molecule has 106 valence electrons. The van der Waals surface area contributed by atoms with Crippen molar-refractivity contribution in [1.82, 2.24) is 5.32 Å². The van der Waals surface area contributed by atoms with Gasteiger partial charge in [0.05, 0.1) is 0 Å². The maximum absolute atomic E-state index is 9.83. The van der Waals surface area contributed by atoms with E-state index in [0.29, 0.717) is 22.3 Å². The summed E-state index contributed by atoms with van der Waals surface area (Å²) in [5, 5.41) is 14.5. The van der Waals surface area contributed by atoms with Crippen LogP contribution in [0.25, 0.3) is 0 Å². The van der Waals surface area contributed by atoms with Crippen LogP contribution in [0.3, 0.4) is 0 Å². The number of halogens is 2. The Bertz CT molecular complexity index is 613. The van der Waals surface area contributed by atoms with Crippen molar-refractivity contribution in [2.75, 3.05) is 0 Å². The summed E-state index contributed by atoms with van der Waals surface area (Å²) in [6.07, 6.45) is 0. The minimum absolute atomic E-state index is 0.0691. The summed E-state index contributed by atoms with van der Waals surface area (Å²) in [5.74, 6) is 0.303. The van der Waals surface area contributed by atoms with Crippen LogP contribution in [0.1, 0.15) is 29.7 Å². The van der Waals surface area contributed by atoms with Gasteiger partial charge in [-0.3, -0.25) is 0 Å². The SMILES string of the molecule is Cc1ccc(O)c(CNC(C)c2ccc(Cl)cc2Cl)c1. The number of hydrogen-bond acceptors (Lipinski definition) is 2. The van der Waals surface area contributed by atoms with Crippen LogP contribution in [-0.2, 0) is 6.54 Å². The first-order valence-corrected chi connectivity index (χ1v) is 7.20. The molecule has 0 aliphatic carbocycles. The number of phenols is 1. The lowest BCUT2D eigenvalue weighted by Crippen LogP contribution is -2.18. The van der Waals surface area contributed by atoms with Gasteiger partial charge in [-0.2, -0.15) is 0 Å². The van der Waals surface area contributed by atoms with Gasteiger partial charge >= 0.3 is 0 Å². The highest BCUT2D eigenvalue weighted by Crippen LogP contribution is 2.27. The number of rotatable bonds is 4. The molecule has 1 atom stereocenters. The molecule has 0 heterocycles. The van der Waals surface area contributed by atoms with Gasteiger partial charge in [-0.1, -0.05) is 47.0 Å². The number of aryl methyl sites for hydroxylation is 1. The van der Waals surface area contributed by atoms with E-state index in [1.54, 1.807) is 12.1 Å². The van der Waals surface area contributed by atoms with Gasteiger partial charge < -0.3 is 10.4 Å². The smallest absolute Gasteiger partial charge is 0.120 e. The van der Waals surface area contributed by atoms with Gasteiger partial charge in [0.2, 0.25) is 0 Å². The van der Waals surface area contributed by atoms with E-state index in [1.165, 1.54) is 0 Å². The number of nitrogens with one attached hydrogen (secondary N) is 1. The third-order valence-electron chi connectivity index (χ3n) is 3.26. The lowest BCUT2D eigenvalue weighted by atomic mass is 10.1. The largest absolute Gasteiger partial charge is 0.508 e. The van der Waals surface area contributed by atoms with Gasteiger partial charge in [0.15, 0.2) is 0 Å². The topological polar surface area (TPSA) is 32.3 Å². The molecule has 20 heavy (non-hydrogen) atoms. The van der Waals surface area contributed by atoms with Crippen molar-refractivity contribution in [3.05, 3.63) is 63.1 Å². The molecule has 2 nitrogen and oxygen atoms in total. The van der Waals surface area contributed by atoms with Crippen molar-refractivity contribution in [1.29, 1.82) is 0 Å². The number of benzene rings is 2. The molecule has 0 amide bonds. The first-order valence-electron chi connectivity index (χ1n) is 6.44. The Hall–Kier alpha value is -1.22. The standard InChI is InChI=1S/C16H17Cl2NO/c1-10-3-6-16(20)12(7-10)9-19-11(2)14-5-4-13(17)8-15(14)18/h3-8,11,19-20H,9H2,1-2H3. The molecule has 4 heteroatoms. The fourth-order valence-corrected chi connectivity index (χ4v) is 2.65. The van der Waals surface area contributed by atoms with Crippen LogP contribution in [0.15, 0.2) is 36.4 Å². The maximum atomic E-state index is 9.83. The zero-order valence-electron chi connectivity index (χ0n) is 11.5. The Balaban J connectivity index is 2.08. The highest BCUT2D eigenvalue weighted by molar-refractivity contribution is 6.35. The van der Waals surface area contributed by atoms with E-state index in [9.17, 15) is 5.11 Å². The molecular formula is C16H17Cl2NO. The molecule has 0 radical (unpaired) electrons. The van der Waals surface area contributed by atoms with Crippen LogP contribution in [0.2, 0.25) is 10.0 Å². The van der Waals surface area contributed by atoms with E-state index in [1.807, 2.05) is 38.1 Å². The minimum atomic E-state index is 0.0691. The lowest BCUT2D eigenvalue weighted by molar-refractivity contribution is 0.460. The van der Waals surface area contributed by atoms with Gasteiger partial charge in [0, 0.05) is 28.2 Å². The monoisotopic (exact) mass is 309 g/mol. The van der Waals surface area contributed by atoms with Crippen molar-refractivity contribution in [2.45, 2.75) is 26.4 Å². The molecule has 2 aromatic carbocycles. The van der Waals surface area contributed by atoms with Crippen LogP contribution in [0.5, 0.6) is 5.75 Å². The van der Waals surface area contributed by atoms with Crippen molar-refractivity contribution in [2.24, 2.45) is 0 Å². The van der Waals surface area contributed by atoms with Crippen LogP contribution in [0.4, 0.5) is 0 Å². The van der Waals surface area contributed by atoms with Crippen molar-refractivity contribution in [3.8, 4) is 5.75 Å². The van der Waals surface area contributed by atoms with E-state index >= 15 is 0 Å². The third-order valence-corrected chi connectivity index (χ3v) is 3.83. The second kappa shape index (κ2) is 6.49. The van der Waals surface area contributed by atoms with Crippen LogP contribution < -0.4 is 5.32 Å². The Labute approximate surface area is 129 Å². The van der Waals surface area contributed by atoms with Crippen LogP contribution in [0, 0.1) is 6.92 Å². The second-order valence-electron chi connectivity index (χ2n) is 4.90. The minimum Gasteiger partial charge on any atom is -0.508 e. The highest BCUT2D eigenvalue weighted by atomic mass is 35.5. The molecule has 0 saturated heterocycles. The molecule has 2 aromatic rings. The maximum Gasteiger partial charge on any atom is 0.120 e. The van der Waals surface area contributed by atoms with E-state index in [2.05, 4.69) is 5.32 Å². The van der Waals surface area contributed by atoms with Gasteiger partial charge in [0.25, 0.3) is 0 Å². The summed E-state index contributed by atoms with van der Waals surface area (Å²) in [6.45, 7) is 4.61. The molecule has 0 saturated carbocycles. The summed E-state index contributed by atoms with van der Waals surface area (Å²) in [5.41, 5.74) is 2.99. The van der Waals surface area contributed by atoms with E-state index in [0.717, 1.165) is 16.7 Å². The number of phenolic OH excluding ortho intramolecular Hbond substituents is 1. The Morgan fingerprint density at radius 2 is 1.90 bits per heavy atom. The van der Waals surface area contributed by atoms with E-state index in [4.69, 9.17) is 23.2 Å². The third kappa shape index (κ3) is 3.66. The molecular weight excluding hydrogens is 293 g/mol. The first-order chi connectivity index (χ1) is 9.47. The Morgan fingerprint density at radius 3 is 2.60 bits per heavy atom. The predicted molar refractivity (Wildman–Crippen MR) is 84.6 cm³/mol. The van der Waals surface area contributed by atoms with E-state index in [-0.39, 0.29) is 6.04 Å². The molecule has 0 aromatic heterocycles. The summed E-state index contributed by atoms with van der Waals surface area (Å²) in [4.78, 5) is 0. The fourth-order valence-electron chi connectivity index (χ4n) is 2.08. The van der Waals surface area contributed by atoms with Crippen LogP contribution in [-0.4, -0.2) is 5.11 Å². The molecule has 2 rings (SSSR count). The zero-order chi connectivity index (χ0) is 14.7. The Kier molecular flexibility index (Phi) is 4.92. The fraction of sp³-hybridized carbons (Fsp3) is 0.250. The second-order valence-corrected chi connectivity index (χ2v) is 5.74. The van der Waals surface area contributed by atoms with Gasteiger partial charge in [-0.15, -0.1) is 0 Å². The van der Waals surface area contributed by atoms with Crippen LogP contribution >= 0.6 is 23.2 Å².